The molecule has 0 aliphatic carbocycles. The Morgan fingerprint density at radius 1 is 1.25 bits per heavy atom. The average Bonchev–Trinajstić information content (AvgIpc) is 2.38. The molecule has 0 aromatic rings. The van der Waals surface area contributed by atoms with Crippen LogP contribution in [-0.4, -0.2) is 67.4 Å². The highest BCUT2D eigenvalue weighted by molar-refractivity contribution is 5.82. The predicted molar refractivity (Wildman–Crippen MR) is 74.7 cm³/mol. The molecular formula is C13H25N3O4. The van der Waals surface area contributed by atoms with Gasteiger partial charge in [-0.15, -0.1) is 0 Å². The smallest absolute Gasteiger partial charge is 0.328 e. The van der Waals surface area contributed by atoms with Gasteiger partial charge in [0.1, 0.15) is 0 Å². The lowest BCUT2D eigenvalue weighted by Crippen LogP contribution is -2.52. The molecule has 0 spiro atoms. The van der Waals surface area contributed by atoms with Crippen LogP contribution in [0.2, 0.25) is 0 Å². The molecule has 1 heterocycles. The maximum atomic E-state index is 11.7. The van der Waals surface area contributed by atoms with Gasteiger partial charge >= 0.3 is 12.0 Å². The summed E-state index contributed by atoms with van der Waals surface area (Å²) in [6.07, 6.45) is 3.68. The molecule has 0 aromatic heterocycles. The third-order valence-corrected chi connectivity index (χ3v) is 3.29. The van der Waals surface area contributed by atoms with Crippen LogP contribution in [0.15, 0.2) is 0 Å². The summed E-state index contributed by atoms with van der Waals surface area (Å²) in [5.74, 6) is -1.11. The number of carboxylic acids is 1. The number of ether oxygens (including phenoxy) is 1. The van der Waals surface area contributed by atoms with E-state index in [1.54, 1.807) is 0 Å². The maximum Gasteiger partial charge on any atom is 0.328 e. The number of carboxylic acid groups (broad SMARTS) is 1. The fourth-order valence-corrected chi connectivity index (χ4v) is 2.34. The Morgan fingerprint density at radius 3 is 2.45 bits per heavy atom. The summed E-state index contributed by atoms with van der Waals surface area (Å²) in [6, 6.07) is -1.52. The fraction of sp³-hybridized carbons (Fsp3) is 0.846. The molecule has 116 valence electrons. The zero-order valence-electron chi connectivity index (χ0n) is 12.2. The van der Waals surface area contributed by atoms with E-state index >= 15 is 0 Å². The number of nitrogens with zero attached hydrogens (tertiary/aromatic N) is 1. The largest absolute Gasteiger partial charge is 0.480 e. The van der Waals surface area contributed by atoms with Gasteiger partial charge in [-0.2, -0.15) is 0 Å². The van der Waals surface area contributed by atoms with Crippen LogP contribution in [0.4, 0.5) is 4.79 Å². The van der Waals surface area contributed by atoms with Gasteiger partial charge in [0.05, 0.1) is 6.61 Å². The van der Waals surface area contributed by atoms with Gasteiger partial charge in [0, 0.05) is 19.7 Å². The van der Waals surface area contributed by atoms with Crippen molar-refractivity contribution in [2.75, 3.05) is 33.4 Å². The molecular weight excluding hydrogens is 262 g/mol. The number of nitrogens with one attached hydrogen (secondary N) is 2. The monoisotopic (exact) mass is 287 g/mol. The van der Waals surface area contributed by atoms with E-state index in [1.807, 2.05) is 6.92 Å². The van der Waals surface area contributed by atoms with Gasteiger partial charge in [0.15, 0.2) is 6.04 Å². The normalized spacial score (nSPS) is 19.1. The highest BCUT2D eigenvalue weighted by atomic mass is 16.5. The highest BCUT2D eigenvalue weighted by Gasteiger charge is 2.21. The molecule has 7 heteroatoms. The number of rotatable bonds is 7. The van der Waals surface area contributed by atoms with Crippen molar-refractivity contribution in [3.63, 3.8) is 0 Å². The zero-order chi connectivity index (χ0) is 15.0. The van der Waals surface area contributed by atoms with Crippen molar-refractivity contribution in [2.24, 2.45) is 0 Å². The van der Waals surface area contributed by atoms with E-state index in [4.69, 9.17) is 9.84 Å². The lowest BCUT2D eigenvalue weighted by molar-refractivity contribution is -0.140. The number of hydrogen-bond acceptors (Lipinski definition) is 4. The van der Waals surface area contributed by atoms with Crippen LogP contribution in [0, 0.1) is 0 Å². The van der Waals surface area contributed by atoms with Gasteiger partial charge in [0.2, 0.25) is 0 Å². The van der Waals surface area contributed by atoms with Crippen molar-refractivity contribution in [1.82, 2.24) is 15.5 Å². The second kappa shape index (κ2) is 8.76. The Balaban J connectivity index is 2.30. The lowest BCUT2D eigenvalue weighted by atomic mass is 10.1. The number of hydrogen-bond donors (Lipinski definition) is 3. The minimum absolute atomic E-state index is 0.0231. The molecule has 20 heavy (non-hydrogen) atoms. The number of amides is 2. The third kappa shape index (κ3) is 6.21. The summed E-state index contributed by atoms with van der Waals surface area (Å²) >= 11 is 0. The van der Waals surface area contributed by atoms with Gasteiger partial charge in [-0.1, -0.05) is 6.42 Å². The van der Waals surface area contributed by atoms with Crippen molar-refractivity contribution < 1.29 is 19.4 Å². The van der Waals surface area contributed by atoms with Crippen LogP contribution in [0.3, 0.4) is 0 Å². The Morgan fingerprint density at radius 2 is 1.90 bits per heavy atom. The Bertz CT molecular complexity index is 319. The Kier molecular flexibility index (Phi) is 7.32. The molecule has 1 fully saturated rings. The van der Waals surface area contributed by atoms with Crippen LogP contribution >= 0.6 is 0 Å². The molecule has 1 rings (SSSR count). The first kappa shape index (κ1) is 16.7. The topological polar surface area (TPSA) is 90.9 Å². The minimum atomic E-state index is -1.11. The summed E-state index contributed by atoms with van der Waals surface area (Å²) in [6.45, 7) is 4.78. The molecule has 3 N–H and O–H groups in total. The summed E-state index contributed by atoms with van der Waals surface area (Å²) in [7, 11) is 1.40. The van der Waals surface area contributed by atoms with Crippen LogP contribution in [0.5, 0.6) is 0 Å². The number of carbonyl (C=O) groups excluding carboxylic acids is 1. The minimum Gasteiger partial charge on any atom is -0.480 e. The molecule has 2 amide bonds. The number of carbonyl (C=O) groups is 2. The highest BCUT2D eigenvalue weighted by Crippen LogP contribution is 2.08. The number of likely N-dealkylation sites (tertiary alicyclic amines) is 1. The number of methoxy groups -OCH3 is 1. The molecule has 0 aromatic carbocycles. The van der Waals surface area contributed by atoms with Gasteiger partial charge < -0.3 is 25.4 Å². The molecule has 1 aliphatic heterocycles. The Labute approximate surface area is 119 Å². The zero-order valence-corrected chi connectivity index (χ0v) is 12.2. The predicted octanol–water partition coefficient (Wildman–Crippen LogP) is 0.260. The first-order chi connectivity index (χ1) is 9.52. The molecule has 0 bridgehead atoms. The number of aliphatic carboxylic acids is 1. The summed E-state index contributed by atoms with van der Waals surface area (Å²) in [5, 5.41) is 14.1. The van der Waals surface area contributed by atoms with Gasteiger partial charge in [-0.05, 0) is 32.9 Å². The van der Waals surface area contributed by atoms with Crippen LogP contribution < -0.4 is 10.6 Å². The summed E-state index contributed by atoms with van der Waals surface area (Å²) in [5.41, 5.74) is 0. The van der Waals surface area contributed by atoms with E-state index in [0.717, 1.165) is 19.6 Å². The van der Waals surface area contributed by atoms with E-state index in [1.165, 1.54) is 26.4 Å². The van der Waals surface area contributed by atoms with Crippen LogP contribution in [0.1, 0.15) is 26.2 Å². The summed E-state index contributed by atoms with van der Waals surface area (Å²) in [4.78, 5) is 24.9. The lowest BCUT2D eigenvalue weighted by Gasteiger charge is -2.29. The van der Waals surface area contributed by atoms with Crippen molar-refractivity contribution in [2.45, 2.75) is 38.3 Å². The second-order valence-corrected chi connectivity index (χ2v) is 5.23. The number of piperidine rings is 1. The van der Waals surface area contributed by atoms with E-state index in [2.05, 4.69) is 15.5 Å². The molecule has 1 aliphatic rings. The first-order valence-electron chi connectivity index (χ1n) is 7.04. The van der Waals surface area contributed by atoms with Crippen LogP contribution in [-0.2, 0) is 9.53 Å². The van der Waals surface area contributed by atoms with Crippen molar-refractivity contribution in [1.29, 1.82) is 0 Å². The molecule has 2 atom stereocenters. The molecule has 7 nitrogen and oxygen atoms in total. The van der Waals surface area contributed by atoms with Crippen molar-refractivity contribution in [3.05, 3.63) is 0 Å². The van der Waals surface area contributed by atoms with Gasteiger partial charge in [-0.3, -0.25) is 0 Å². The average molecular weight is 287 g/mol. The summed E-state index contributed by atoms with van der Waals surface area (Å²) < 4.78 is 4.76. The SMILES string of the molecule is COCC(NC(=O)NC(C)CN1CCCCC1)C(=O)O. The standard InChI is InChI=1S/C13H25N3O4/c1-10(8-16-6-4-3-5-7-16)14-13(19)15-11(9-20-2)12(17)18/h10-11H,3-9H2,1-2H3,(H,17,18)(H2,14,15,19). The quantitative estimate of drug-likeness (QED) is 0.625. The van der Waals surface area contributed by atoms with E-state index in [9.17, 15) is 9.59 Å². The molecule has 1 saturated heterocycles. The number of urea groups is 1. The first-order valence-corrected chi connectivity index (χ1v) is 7.04. The molecule has 0 radical (unpaired) electrons. The van der Waals surface area contributed by atoms with Crippen molar-refractivity contribution >= 4 is 12.0 Å². The molecule has 0 saturated carbocycles. The van der Waals surface area contributed by atoms with E-state index in [-0.39, 0.29) is 12.6 Å². The Hall–Kier alpha value is -1.34. The fourth-order valence-electron chi connectivity index (χ4n) is 2.34. The van der Waals surface area contributed by atoms with E-state index < -0.39 is 18.0 Å². The van der Waals surface area contributed by atoms with Gasteiger partial charge in [0.25, 0.3) is 0 Å². The van der Waals surface area contributed by atoms with Gasteiger partial charge in [-0.25, -0.2) is 9.59 Å². The van der Waals surface area contributed by atoms with E-state index in [0.29, 0.717) is 0 Å². The maximum absolute atomic E-state index is 11.7. The second-order valence-electron chi connectivity index (χ2n) is 5.23. The van der Waals surface area contributed by atoms with Crippen LogP contribution in [0.25, 0.3) is 0 Å². The molecule has 2 unspecified atom stereocenters. The van der Waals surface area contributed by atoms with Crippen molar-refractivity contribution in [3.8, 4) is 0 Å². The third-order valence-electron chi connectivity index (χ3n) is 3.29.